The Morgan fingerprint density at radius 3 is 2.59 bits per heavy atom. The van der Waals surface area contributed by atoms with Crippen molar-refractivity contribution in [3.05, 3.63) is 60.8 Å². The first-order valence-corrected chi connectivity index (χ1v) is 15.8. The van der Waals surface area contributed by atoms with Crippen molar-refractivity contribution in [1.29, 1.82) is 0 Å². The van der Waals surface area contributed by atoms with E-state index in [1.165, 1.54) is 11.3 Å². The number of carboxylic acids is 2. The number of rotatable bonds is 12. The smallest absolute Gasteiger partial charge is 0.304 e. The van der Waals surface area contributed by atoms with Crippen LogP contribution in [-0.2, 0) is 9.59 Å². The van der Waals surface area contributed by atoms with Gasteiger partial charge in [0.1, 0.15) is 0 Å². The highest BCUT2D eigenvalue weighted by Gasteiger charge is 2.40. The molecule has 0 saturated heterocycles. The van der Waals surface area contributed by atoms with Gasteiger partial charge in [-0.15, -0.1) is 46.2 Å². The number of allylic oxidation sites excluding steroid dienone is 2. The first-order valence-electron chi connectivity index (χ1n) is 12.3. The number of nitrogens with one attached hydrogen (secondary N) is 1. The summed E-state index contributed by atoms with van der Waals surface area (Å²) in [6.45, 7) is 4.76. The molecule has 0 bridgehead atoms. The predicted molar refractivity (Wildman–Crippen MR) is 154 cm³/mol. The molecule has 2 aliphatic rings. The Morgan fingerprint density at radius 2 is 1.86 bits per heavy atom. The topological polar surface area (TPSA) is 104 Å². The van der Waals surface area contributed by atoms with E-state index in [2.05, 4.69) is 24.4 Å². The molecule has 2 aromatic heterocycles. The molecule has 0 saturated carbocycles. The molecule has 198 valence electrons. The Balaban J connectivity index is 1.53. The third kappa shape index (κ3) is 6.71. The number of carbonyl (C=O) groups is 3. The fourth-order valence-corrected chi connectivity index (χ4v) is 10.0. The third-order valence-corrected chi connectivity index (χ3v) is 12.1. The lowest BCUT2D eigenvalue weighted by Gasteiger charge is -2.27. The van der Waals surface area contributed by atoms with Gasteiger partial charge in [-0.3, -0.25) is 14.4 Å². The van der Waals surface area contributed by atoms with Gasteiger partial charge in [-0.25, -0.2) is 0 Å². The summed E-state index contributed by atoms with van der Waals surface area (Å²) in [5.41, 5.74) is 0.689. The Kier molecular flexibility index (Phi) is 9.26. The number of carbonyl (C=O) groups excluding carboxylic acids is 1. The molecule has 0 spiro atoms. The minimum absolute atomic E-state index is 0.0399. The van der Waals surface area contributed by atoms with E-state index in [0.29, 0.717) is 17.8 Å². The van der Waals surface area contributed by atoms with Crippen LogP contribution < -0.4 is 5.32 Å². The Labute approximate surface area is 233 Å². The number of amides is 1. The fraction of sp³-hybridized carbons (Fsp3) is 0.444. The number of unbranched alkanes of at least 4 members (excludes halogenated alkanes) is 1. The maximum atomic E-state index is 12.5. The second-order valence-corrected chi connectivity index (χ2v) is 14.0. The van der Waals surface area contributed by atoms with E-state index in [-0.39, 0.29) is 29.2 Å². The highest BCUT2D eigenvalue weighted by molar-refractivity contribution is 8.09. The van der Waals surface area contributed by atoms with E-state index >= 15 is 0 Å². The molecule has 0 aliphatic carbocycles. The molecule has 3 N–H and O–H groups in total. The van der Waals surface area contributed by atoms with Crippen LogP contribution in [0.1, 0.15) is 87.2 Å². The van der Waals surface area contributed by atoms with Crippen LogP contribution in [0.5, 0.6) is 0 Å². The second kappa shape index (κ2) is 12.2. The summed E-state index contributed by atoms with van der Waals surface area (Å²) < 4.78 is 0. The molecule has 4 rings (SSSR count). The summed E-state index contributed by atoms with van der Waals surface area (Å²) in [4.78, 5) is 40.5. The molecule has 1 amide bonds. The highest BCUT2D eigenvalue weighted by Crippen LogP contribution is 2.58. The van der Waals surface area contributed by atoms with Crippen molar-refractivity contribution in [1.82, 2.24) is 5.32 Å². The predicted octanol–water partition coefficient (Wildman–Crippen LogP) is 7.58. The van der Waals surface area contributed by atoms with Crippen molar-refractivity contribution in [2.75, 3.05) is 6.54 Å². The van der Waals surface area contributed by atoms with Gasteiger partial charge in [0, 0.05) is 43.2 Å². The van der Waals surface area contributed by atoms with Gasteiger partial charge >= 0.3 is 11.9 Å². The van der Waals surface area contributed by atoms with Crippen molar-refractivity contribution >= 4 is 68.9 Å². The summed E-state index contributed by atoms with van der Waals surface area (Å²) in [5.74, 6) is -1.66. The summed E-state index contributed by atoms with van der Waals surface area (Å²) in [7, 11) is 0. The van der Waals surface area contributed by atoms with E-state index in [1.807, 2.05) is 30.5 Å². The van der Waals surface area contributed by atoms with Gasteiger partial charge in [-0.1, -0.05) is 31.9 Å². The quantitative estimate of drug-likeness (QED) is 0.223. The van der Waals surface area contributed by atoms with Gasteiger partial charge < -0.3 is 15.5 Å². The summed E-state index contributed by atoms with van der Waals surface area (Å²) in [6.07, 6.45) is 5.39. The zero-order valence-corrected chi connectivity index (χ0v) is 24.1. The SMILES string of the molecule is CCCCNC(=O)c1ccc(C2CC(CCC(=O)O)=C(c3ccc(C4SC=CC4(C)CC(=O)O)s3)S2)s1. The molecule has 4 heterocycles. The van der Waals surface area contributed by atoms with E-state index < -0.39 is 17.4 Å². The molecule has 2 aromatic rings. The van der Waals surface area contributed by atoms with Gasteiger partial charge in [0.2, 0.25) is 0 Å². The molecule has 0 aromatic carbocycles. The van der Waals surface area contributed by atoms with Crippen LogP contribution in [-0.4, -0.2) is 34.6 Å². The lowest BCUT2D eigenvalue weighted by atomic mass is 9.82. The first-order chi connectivity index (χ1) is 17.7. The molecule has 6 nitrogen and oxygen atoms in total. The van der Waals surface area contributed by atoms with Crippen molar-refractivity contribution in [2.24, 2.45) is 5.41 Å². The summed E-state index contributed by atoms with van der Waals surface area (Å²) in [5, 5.41) is 23.9. The number of hydrogen-bond acceptors (Lipinski definition) is 7. The normalized spacial score (nSPS) is 23.1. The molecule has 10 heteroatoms. The number of carboxylic acid groups (broad SMARTS) is 2. The Hall–Kier alpha value is -2.01. The number of hydrogen-bond donors (Lipinski definition) is 3. The molecule has 3 atom stereocenters. The number of thioether (sulfide) groups is 2. The number of thiophene rings is 2. The molecular formula is C27H31NO5S4. The van der Waals surface area contributed by atoms with Crippen LogP contribution in [0.2, 0.25) is 0 Å². The van der Waals surface area contributed by atoms with Crippen LogP contribution in [0.15, 0.2) is 41.3 Å². The van der Waals surface area contributed by atoms with Crippen molar-refractivity contribution < 1.29 is 24.6 Å². The minimum atomic E-state index is -0.813. The van der Waals surface area contributed by atoms with Gasteiger partial charge in [0.15, 0.2) is 0 Å². The van der Waals surface area contributed by atoms with Crippen molar-refractivity contribution in [3.8, 4) is 0 Å². The molecular weight excluding hydrogens is 547 g/mol. The average Bonchev–Trinajstić information content (AvgIpc) is 3.62. The largest absolute Gasteiger partial charge is 0.481 e. The second-order valence-electron chi connectivity index (χ2n) is 9.55. The molecule has 3 unspecified atom stereocenters. The van der Waals surface area contributed by atoms with Crippen LogP contribution in [0, 0.1) is 5.41 Å². The van der Waals surface area contributed by atoms with Gasteiger partial charge in [0.05, 0.1) is 16.5 Å². The summed E-state index contributed by atoms with van der Waals surface area (Å²) in [6, 6.07) is 8.08. The van der Waals surface area contributed by atoms with Crippen molar-refractivity contribution in [3.63, 3.8) is 0 Å². The van der Waals surface area contributed by atoms with Gasteiger partial charge in [0.25, 0.3) is 5.91 Å². The third-order valence-electron chi connectivity index (χ3n) is 6.54. The fourth-order valence-electron chi connectivity index (χ4n) is 4.56. The Bertz CT molecular complexity index is 1230. The monoisotopic (exact) mass is 577 g/mol. The molecule has 2 aliphatic heterocycles. The minimum Gasteiger partial charge on any atom is -0.481 e. The molecule has 0 fully saturated rings. The van der Waals surface area contributed by atoms with E-state index in [9.17, 15) is 24.6 Å². The highest BCUT2D eigenvalue weighted by atomic mass is 32.2. The van der Waals surface area contributed by atoms with Crippen LogP contribution >= 0.6 is 46.2 Å². The maximum Gasteiger partial charge on any atom is 0.304 e. The van der Waals surface area contributed by atoms with E-state index in [0.717, 1.165) is 44.4 Å². The van der Waals surface area contributed by atoms with E-state index in [4.69, 9.17) is 0 Å². The lowest BCUT2D eigenvalue weighted by molar-refractivity contribution is -0.139. The molecule has 0 radical (unpaired) electrons. The zero-order chi connectivity index (χ0) is 26.6. The summed E-state index contributed by atoms with van der Waals surface area (Å²) >= 11 is 6.59. The number of aliphatic carboxylic acids is 2. The van der Waals surface area contributed by atoms with Crippen LogP contribution in [0.25, 0.3) is 4.91 Å². The standard InChI is InChI=1S/C27H31NO5S4/c1-3-4-12-28-26(33)20-9-6-17(35-20)21-14-16(5-10-22(29)30)24(37-21)18-7-8-19(36-18)25-27(2,11-13-34-25)15-23(31)32/h6-9,11,13,21,25H,3-5,10,12,14-15H2,1-2H3,(H,28,33)(H,29,30)(H,31,32). The lowest BCUT2D eigenvalue weighted by Crippen LogP contribution is -2.23. The average molecular weight is 578 g/mol. The maximum absolute atomic E-state index is 12.5. The van der Waals surface area contributed by atoms with Crippen LogP contribution in [0.3, 0.4) is 0 Å². The first kappa shape index (κ1) is 28.0. The molecule has 37 heavy (non-hydrogen) atoms. The van der Waals surface area contributed by atoms with Crippen LogP contribution in [0.4, 0.5) is 0 Å². The van der Waals surface area contributed by atoms with Gasteiger partial charge in [-0.2, -0.15) is 0 Å². The van der Waals surface area contributed by atoms with Crippen molar-refractivity contribution in [2.45, 2.75) is 62.9 Å². The Morgan fingerprint density at radius 1 is 1.08 bits per heavy atom. The zero-order valence-electron chi connectivity index (χ0n) is 20.8. The van der Waals surface area contributed by atoms with Gasteiger partial charge in [-0.05, 0) is 48.9 Å². The van der Waals surface area contributed by atoms with E-state index in [1.54, 1.807) is 34.9 Å².